The van der Waals surface area contributed by atoms with E-state index in [1.54, 1.807) is 0 Å². The van der Waals surface area contributed by atoms with E-state index >= 15 is 0 Å². The van der Waals surface area contributed by atoms with Gasteiger partial charge in [0.15, 0.2) is 0 Å². The van der Waals surface area contributed by atoms with E-state index in [0.717, 1.165) is 11.3 Å². The number of carbonyl (C=O) groups excluding carboxylic acids is 2. The quantitative estimate of drug-likeness (QED) is 0.561. The van der Waals surface area contributed by atoms with Crippen molar-refractivity contribution in [2.75, 3.05) is 19.3 Å². The first-order chi connectivity index (χ1) is 5.96. The van der Waals surface area contributed by atoms with Crippen LogP contribution in [0.2, 0.25) is 0 Å². The van der Waals surface area contributed by atoms with Gasteiger partial charge < -0.3 is 0 Å². The number of amides is 3. The summed E-state index contributed by atoms with van der Waals surface area (Å²) in [5.74, 6) is 0. The van der Waals surface area contributed by atoms with Crippen LogP contribution in [-0.2, 0) is 14.8 Å². The van der Waals surface area contributed by atoms with Gasteiger partial charge in [-0.3, -0.25) is 10.2 Å². The zero-order chi connectivity index (χ0) is 10.1. The molecule has 3 amide bonds. The highest BCUT2D eigenvalue weighted by molar-refractivity contribution is 7.88. The molecule has 0 unspecified atom stereocenters. The molecule has 13 heavy (non-hydrogen) atoms. The first-order valence-electron chi connectivity index (χ1n) is 3.46. The molecular formula is C5H9N3O4S. The molecule has 1 N–H and O–H groups in total. The molecule has 1 fully saturated rings. The Morgan fingerprint density at radius 3 is 2.46 bits per heavy atom. The van der Waals surface area contributed by atoms with Crippen molar-refractivity contribution in [2.24, 2.45) is 0 Å². The summed E-state index contributed by atoms with van der Waals surface area (Å²) in [6.07, 6.45) is 1.26. The molecule has 7 nitrogen and oxygen atoms in total. The second-order valence-electron chi connectivity index (χ2n) is 2.52. The lowest BCUT2D eigenvalue weighted by molar-refractivity contribution is -0.112. The van der Waals surface area contributed by atoms with Crippen molar-refractivity contribution in [1.82, 2.24) is 14.7 Å². The summed E-state index contributed by atoms with van der Waals surface area (Å²) < 4.78 is 22.6. The molecule has 8 heteroatoms. The minimum Gasteiger partial charge on any atom is -0.277 e. The number of nitrogens with one attached hydrogen (secondary N) is 1. The van der Waals surface area contributed by atoms with Crippen LogP contribution in [0.3, 0.4) is 0 Å². The number of rotatable bonds is 3. The zero-order valence-electron chi connectivity index (χ0n) is 6.93. The zero-order valence-corrected chi connectivity index (χ0v) is 7.74. The Kier molecular flexibility index (Phi) is 2.41. The van der Waals surface area contributed by atoms with Crippen molar-refractivity contribution in [3.63, 3.8) is 0 Å². The predicted molar refractivity (Wildman–Crippen MR) is 42.9 cm³/mol. The summed E-state index contributed by atoms with van der Waals surface area (Å²) in [6, 6.07) is -0.727. The van der Waals surface area contributed by atoms with Gasteiger partial charge in [0, 0.05) is 0 Å². The molecule has 0 spiro atoms. The van der Waals surface area contributed by atoms with Crippen molar-refractivity contribution in [3.8, 4) is 0 Å². The Hall–Kier alpha value is -1.31. The average Bonchev–Trinajstić information content (AvgIpc) is 2.32. The maximum atomic E-state index is 11.2. The largest absolute Gasteiger partial charge is 0.352 e. The number of hydrogen-bond donors (Lipinski definition) is 1. The molecule has 0 bridgehead atoms. The van der Waals surface area contributed by atoms with Crippen molar-refractivity contribution in [3.05, 3.63) is 0 Å². The van der Waals surface area contributed by atoms with Gasteiger partial charge in [-0.25, -0.2) is 22.5 Å². The highest BCUT2D eigenvalue weighted by Gasteiger charge is 2.34. The van der Waals surface area contributed by atoms with Crippen LogP contribution < -0.4 is 5.43 Å². The van der Waals surface area contributed by atoms with Crippen LogP contribution in [0.5, 0.6) is 0 Å². The molecule has 1 saturated heterocycles. The molecule has 0 radical (unpaired) electrons. The van der Waals surface area contributed by atoms with Crippen molar-refractivity contribution >= 4 is 22.5 Å². The van der Waals surface area contributed by atoms with Crippen molar-refractivity contribution in [1.29, 1.82) is 0 Å². The predicted octanol–water partition coefficient (Wildman–Crippen LogP) is -1.66. The normalized spacial score (nSPS) is 17.8. The Labute approximate surface area is 75.3 Å². The number of carbonyl (C=O) groups is 2. The summed E-state index contributed by atoms with van der Waals surface area (Å²) >= 11 is 0. The van der Waals surface area contributed by atoms with Crippen LogP contribution in [0.15, 0.2) is 0 Å². The molecule has 74 valence electrons. The summed E-state index contributed by atoms with van der Waals surface area (Å²) in [6.45, 7) is 0.239. The molecule has 1 aliphatic rings. The highest BCUT2D eigenvalue weighted by atomic mass is 32.2. The molecule has 0 aromatic carbocycles. The summed E-state index contributed by atoms with van der Waals surface area (Å²) in [5.41, 5.74) is 2.09. The van der Waals surface area contributed by atoms with E-state index < -0.39 is 16.1 Å². The molecule has 0 aromatic heterocycles. The second-order valence-corrected chi connectivity index (χ2v) is 4.42. The monoisotopic (exact) mass is 207 g/mol. The molecule has 0 atom stereocenters. The number of nitrogens with zero attached hydrogens (tertiary/aromatic N) is 2. The third kappa shape index (κ3) is 1.89. The van der Waals surface area contributed by atoms with Crippen LogP contribution in [0.4, 0.5) is 4.79 Å². The lowest BCUT2D eigenvalue weighted by Gasteiger charge is -2.14. The van der Waals surface area contributed by atoms with E-state index in [-0.39, 0.29) is 13.1 Å². The fraction of sp³-hybridized carbons (Fsp3) is 0.600. The summed E-state index contributed by atoms with van der Waals surface area (Å²) in [5, 5.41) is 0.939. The molecule has 1 aliphatic heterocycles. The Morgan fingerprint density at radius 2 is 2.08 bits per heavy atom. The highest BCUT2D eigenvalue weighted by Crippen LogP contribution is 2.09. The molecule has 1 rings (SSSR count). The first kappa shape index (κ1) is 9.78. The number of sulfonamides is 1. The molecule has 0 saturated carbocycles. The minimum atomic E-state index is -3.52. The Balaban J connectivity index is 2.77. The van der Waals surface area contributed by atoms with Crippen LogP contribution in [0.1, 0.15) is 0 Å². The first-order valence-corrected chi connectivity index (χ1v) is 5.30. The average molecular weight is 207 g/mol. The van der Waals surface area contributed by atoms with Gasteiger partial charge in [-0.1, -0.05) is 0 Å². The Morgan fingerprint density at radius 1 is 1.46 bits per heavy atom. The smallest absolute Gasteiger partial charge is 0.277 e. The maximum Gasteiger partial charge on any atom is 0.352 e. The van der Waals surface area contributed by atoms with Gasteiger partial charge in [-0.2, -0.15) is 0 Å². The van der Waals surface area contributed by atoms with Gasteiger partial charge >= 0.3 is 6.03 Å². The second kappa shape index (κ2) is 3.21. The van der Waals surface area contributed by atoms with E-state index in [4.69, 9.17) is 0 Å². The van der Waals surface area contributed by atoms with Gasteiger partial charge in [-0.05, 0) is 0 Å². The fourth-order valence-electron chi connectivity index (χ4n) is 1.01. The third-order valence-corrected chi connectivity index (χ3v) is 2.72. The Bertz CT molecular complexity index is 325. The van der Waals surface area contributed by atoms with E-state index in [0.29, 0.717) is 10.7 Å². The molecular weight excluding hydrogens is 198 g/mol. The lowest BCUT2D eigenvalue weighted by Crippen LogP contribution is -2.42. The van der Waals surface area contributed by atoms with Gasteiger partial charge in [0.2, 0.25) is 16.4 Å². The van der Waals surface area contributed by atoms with Crippen LogP contribution >= 0.6 is 0 Å². The number of hydrazine groups is 1. The van der Waals surface area contributed by atoms with Crippen LogP contribution in [0, 0.1) is 0 Å². The van der Waals surface area contributed by atoms with Gasteiger partial charge in [0.1, 0.15) is 0 Å². The molecule has 0 aromatic rings. The summed E-state index contributed by atoms with van der Waals surface area (Å²) in [7, 11) is -3.52. The number of urea groups is 1. The van der Waals surface area contributed by atoms with Crippen molar-refractivity contribution in [2.45, 2.75) is 0 Å². The number of hydrogen-bond acceptors (Lipinski definition) is 4. The standard InChI is InChI=1S/C5H9N3O4S/c1-13(11,12)8-3-2-7(5(8)10)6-4-9/h4H,2-3H2,1H3,(H,6,9). The minimum absolute atomic E-state index is 0.0680. The van der Waals surface area contributed by atoms with E-state index in [2.05, 4.69) is 5.43 Å². The SMILES string of the molecule is CS(=O)(=O)N1CCN(NC=O)C1=O. The van der Waals surface area contributed by atoms with Gasteiger partial charge in [0.25, 0.3) is 0 Å². The van der Waals surface area contributed by atoms with Gasteiger partial charge in [-0.15, -0.1) is 0 Å². The topological polar surface area (TPSA) is 86.8 Å². The van der Waals surface area contributed by atoms with E-state index in [1.165, 1.54) is 0 Å². The maximum absolute atomic E-state index is 11.2. The van der Waals surface area contributed by atoms with Gasteiger partial charge in [0.05, 0.1) is 19.3 Å². The van der Waals surface area contributed by atoms with Crippen LogP contribution in [0.25, 0.3) is 0 Å². The van der Waals surface area contributed by atoms with E-state index in [9.17, 15) is 18.0 Å². The molecule has 0 aliphatic carbocycles. The molecule has 1 heterocycles. The summed E-state index contributed by atoms with van der Waals surface area (Å²) in [4.78, 5) is 21.2. The fourth-order valence-corrected chi connectivity index (χ4v) is 1.80. The third-order valence-electron chi connectivity index (χ3n) is 1.58. The van der Waals surface area contributed by atoms with Crippen LogP contribution in [-0.4, -0.2) is 49.5 Å². The van der Waals surface area contributed by atoms with Crippen molar-refractivity contribution < 1.29 is 18.0 Å². The van der Waals surface area contributed by atoms with E-state index in [1.807, 2.05) is 0 Å². The lowest BCUT2D eigenvalue weighted by atomic mass is 10.7.